The van der Waals surface area contributed by atoms with Gasteiger partial charge in [-0.25, -0.2) is 19.2 Å². The highest BCUT2D eigenvalue weighted by Crippen LogP contribution is 2.46. The number of carbonyl (C=O) groups excluding carboxylic acids is 1. The predicted molar refractivity (Wildman–Crippen MR) is 167 cm³/mol. The quantitative estimate of drug-likeness (QED) is 0.131. The topological polar surface area (TPSA) is 213 Å². The lowest BCUT2D eigenvalue weighted by atomic mass is 10.0. The molecular formula is C28H30BrN4O12P. The number of nitrogens with zero attached hydrogens (tertiary/aromatic N) is 3. The first-order chi connectivity index (χ1) is 21.7. The van der Waals surface area contributed by atoms with Crippen LogP contribution in [0.5, 0.6) is 0 Å². The number of aliphatic hydroxyl groups excluding tert-OH is 1. The van der Waals surface area contributed by atoms with Gasteiger partial charge in [-0.3, -0.25) is 38.7 Å². The Kier molecular flexibility index (Phi) is 11.1. The molecule has 46 heavy (non-hydrogen) atoms. The minimum absolute atomic E-state index is 0.0355. The largest absolute Gasteiger partial charge is 0.529 e. The third kappa shape index (κ3) is 8.44. The Morgan fingerprint density at radius 2 is 1.91 bits per heavy atom. The number of carbonyl (C=O) groups is 1. The summed E-state index contributed by atoms with van der Waals surface area (Å²) in [6.45, 7) is 1.95. The van der Waals surface area contributed by atoms with Gasteiger partial charge < -0.3 is 14.4 Å². The van der Waals surface area contributed by atoms with Gasteiger partial charge >= 0.3 is 19.5 Å². The van der Waals surface area contributed by atoms with Crippen LogP contribution in [0.4, 0.5) is 11.4 Å². The molecule has 1 unspecified atom stereocenters. The summed E-state index contributed by atoms with van der Waals surface area (Å²) in [6, 6.07) is 14.0. The van der Waals surface area contributed by atoms with E-state index in [0.717, 1.165) is 15.2 Å². The number of nitro benzene ring substituents is 1. The van der Waals surface area contributed by atoms with Gasteiger partial charge in [-0.05, 0) is 42.6 Å². The molecule has 3 N–H and O–H groups in total. The van der Waals surface area contributed by atoms with Crippen molar-refractivity contribution in [2.75, 3.05) is 11.7 Å². The van der Waals surface area contributed by atoms with E-state index in [1.807, 2.05) is 0 Å². The van der Waals surface area contributed by atoms with Crippen molar-refractivity contribution in [2.24, 2.45) is 0 Å². The monoisotopic (exact) mass is 724 g/mol. The molecule has 1 saturated heterocycles. The summed E-state index contributed by atoms with van der Waals surface area (Å²) in [6.07, 6.45) is -1.01. The van der Waals surface area contributed by atoms with Gasteiger partial charge in [0.1, 0.15) is 12.3 Å². The molecule has 1 fully saturated rings. The number of nitro groups is 1. The fourth-order valence-electron chi connectivity index (χ4n) is 4.41. The molecule has 0 spiro atoms. The summed E-state index contributed by atoms with van der Waals surface area (Å²) in [5.74, 6) is -1.25. The summed E-state index contributed by atoms with van der Waals surface area (Å²) >= 11 is 3.05. The summed E-state index contributed by atoms with van der Waals surface area (Å²) in [7, 11) is -5.12. The molecule has 1 aliphatic rings. The highest BCUT2D eigenvalue weighted by molar-refractivity contribution is 9.11. The number of aromatic nitrogens is 2. The molecule has 0 radical (unpaired) electrons. The molecule has 2 aromatic carbocycles. The Balaban J connectivity index is 1.45. The van der Waals surface area contributed by atoms with E-state index >= 15 is 0 Å². The van der Waals surface area contributed by atoms with Crippen molar-refractivity contribution in [1.82, 2.24) is 9.55 Å². The van der Waals surface area contributed by atoms with Gasteiger partial charge in [-0.15, -0.1) is 0 Å². The Hall–Kier alpha value is -3.96. The van der Waals surface area contributed by atoms with Gasteiger partial charge in [-0.1, -0.05) is 46.3 Å². The van der Waals surface area contributed by atoms with Gasteiger partial charge in [0.25, 0.3) is 11.2 Å². The van der Waals surface area contributed by atoms with Crippen molar-refractivity contribution in [2.45, 2.75) is 50.8 Å². The standard InChI is InChI=1S/C28H30BrN4O12P/c1-28(2,32(42-16-18-6-4-3-5-7-18)20-8-10-21(11-9-20)33(38)39)26(36)45-46(40,41)43-17-23-22(34)14-24(44-23)31-15-19(12-13-29)25(35)30-27(31)37/h3-13,15,22-24,34H,14,16-17H2,1-2H3,(H,40,41)(H,30,35,37)/b13-12+/t22-,23+,24+/m0/s1. The number of aromatic amines is 1. The minimum Gasteiger partial charge on any atom is -0.390 e. The molecule has 0 aliphatic carbocycles. The SMILES string of the molecule is CC(C)(C(=O)OP(=O)(O)OC[C@H]1O[C@@H](n2cc(/C=C/Br)c(=O)[nH]c2=O)C[C@@H]1O)N(OCc1ccccc1)c1ccc([N+](=O)[O-])cc1. The Morgan fingerprint density at radius 1 is 1.24 bits per heavy atom. The van der Waals surface area contributed by atoms with Crippen molar-refractivity contribution < 1.29 is 42.9 Å². The van der Waals surface area contributed by atoms with Crippen LogP contribution in [0.15, 0.2) is 75.4 Å². The number of rotatable bonds is 13. The van der Waals surface area contributed by atoms with Crippen LogP contribution in [0.2, 0.25) is 0 Å². The Bertz CT molecular complexity index is 1750. The average molecular weight is 725 g/mol. The molecule has 1 aromatic heterocycles. The molecule has 0 bridgehead atoms. The number of hydrogen-bond donors (Lipinski definition) is 3. The van der Waals surface area contributed by atoms with Gasteiger partial charge in [0.05, 0.1) is 35.5 Å². The van der Waals surface area contributed by atoms with E-state index in [0.29, 0.717) is 0 Å². The molecular weight excluding hydrogens is 695 g/mol. The van der Waals surface area contributed by atoms with Crippen LogP contribution >= 0.6 is 23.8 Å². The van der Waals surface area contributed by atoms with Crippen LogP contribution in [0.3, 0.4) is 0 Å². The van der Waals surface area contributed by atoms with Crippen LogP contribution in [0, 0.1) is 10.1 Å². The zero-order chi connectivity index (χ0) is 33.6. The molecule has 246 valence electrons. The number of phosphoric acid groups is 1. The number of aliphatic hydroxyl groups is 1. The predicted octanol–water partition coefficient (Wildman–Crippen LogP) is 3.54. The summed E-state index contributed by atoms with van der Waals surface area (Å²) in [5.41, 5.74) is -2.38. The van der Waals surface area contributed by atoms with Crippen LogP contribution in [-0.2, 0) is 34.6 Å². The van der Waals surface area contributed by atoms with Crippen molar-refractivity contribution in [3.63, 3.8) is 0 Å². The zero-order valence-corrected chi connectivity index (χ0v) is 26.9. The van der Waals surface area contributed by atoms with E-state index in [9.17, 15) is 39.1 Å². The number of ether oxygens (including phenoxy) is 1. The molecule has 3 aromatic rings. The number of halogens is 1. The normalized spacial score (nSPS) is 19.5. The number of nitrogens with one attached hydrogen (secondary N) is 1. The van der Waals surface area contributed by atoms with Crippen LogP contribution in [0.25, 0.3) is 6.08 Å². The van der Waals surface area contributed by atoms with Crippen molar-refractivity contribution in [1.29, 1.82) is 0 Å². The van der Waals surface area contributed by atoms with Crippen molar-refractivity contribution in [3.8, 4) is 0 Å². The number of benzene rings is 2. The lowest BCUT2D eigenvalue weighted by Crippen LogP contribution is -2.51. The van der Waals surface area contributed by atoms with Gasteiger partial charge in [0.2, 0.25) is 0 Å². The number of anilines is 1. The molecule has 4 atom stereocenters. The third-order valence-corrected chi connectivity index (χ3v) is 7.99. The second-order valence-electron chi connectivity index (χ2n) is 10.5. The smallest absolute Gasteiger partial charge is 0.390 e. The second kappa shape index (κ2) is 14.6. The minimum atomic E-state index is -5.12. The lowest BCUT2D eigenvalue weighted by Gasteiger charge is -2.37. The molecule has 4 rings (SSSR count). The van der Waals surface area contributed by atoms with Crippen LogP contribution < -0.4 is 16.3 Å². The molecule has 1 aliphatic heterocycles. The van der Waals surface area contributed by atoms with Crippen LogP contribution in [-0.4, -0.2) is 54.8 Å². The number of hydrogen-bond acceptors (Lipinski definition) is 12. The van der Waals surface area contributed by atoms with Gasteiger partial charge in [0.15, 0.2) is 5.54 Å². The first-order valence-corrected chi connectivity index (χ1v) is 16.0. The first-order valence-electron chi connectivity index (χ1n) is 13.6. The van der Waals surface area contributed by atoms with Gasteiger partial charge in [-0.2, -0.15) is 0 Å². The van der Waals surface area contributed by atoms with Gasteiger partial charge in [0, 0.05) is 24.8 Å². The summed E-state index contributed by atoms with van der Waals surface area (Å²) < 4.78 is 29.4. The average Bonchev–Trinajstić information content (AvgIpc) is 3.38. The number of non-ortho nitro benzene ring substituents is 1. The Labute approximate surface area is 269 Å². The number of phosphoric ester groups is 1. The molecule has 16 nitrogen and oxygen atoms in total. The maximum absolute atomic E-state index is 13.3. The summed E-state index contributed by atoms with van der Waals surface area (Å²) in [5, 5.41) is 22.7. The van der Waals surface area contributed by atoms with Crippen molar-refractivity contribution >= 4 is 47.2 Å². The van der Waals surface area contributed by atoms with E-state index in [4.69, 9.17) is 18.6 Å². The lowest BCUT2D eigenvalue weighted by molar-refractivity contribution is -0.384. The molecule has 0 amide bonds. The van der Waals surface area contributed by atoms with E-state index in [1.54, 1.807) is 30.3 Å². The Morgan fingerprint density at radius 3 is 2.54 bits per heavy atom. The fourth-order valence-corrected chi connectivity index (χ4v) is 5.52. The summed E-state index contributed by atoms with van der Waals surface area (Å²) in [4.78, 5) is 68.1. The molecule has 18 heteroatoms. The zero-order valence-electron chi connectivity index (χ0n) is 24.4. The highest BCUT2D eigenvalue weighted by atomic mass is 79.9. The fraction of sp³-hybridized carbons (Fsp3) is 0.321. The van der Waals surface area contributed by atoms with Crippen LogP contribution in [0.1, 0.15) is 37.6 Å². The third-order valence-electron chi connectivity index (χ3n) is 6.86. The second-order valence-corrected chi connectivity index (χ2v) is 12.4. The van der Waals surface area contributed by atoms with E-state index < -0.39 is 60.5 Å². The van der Waals surface area contributed by atoms with E-state index in [1.165, 1.54) is 55.4 Å². The number of hydroxylamine groups is 1. The van der Waals surface area contributed by atoms with E-state index in [-0.39, 0.29) is 30.0 Å². The molecule has 2 heterocycles. The maximum atomic E-state index is 13.3. The first kappa shape index (κ1) is 34.9. The molecule has 0 saturated carbocycles. The number of H-pyrrole nitrogens is 1. The van der Waals surface area contributed by atoms with E-state index in [2.05, 4.69) is 20.9 Å². The van der Waals surface area contributed by atoms with Crippen molar-refractivity contribution in [3.05, 3.63) is 108 Å². The maximum Gasteiger partial charge on any atom is 0.529 e. The highest BCUT2D eigenvalue weighted by Gasteiger charge is 2.44.